The van der Waals surface area contributed by atoms with Gasteiger partial charge in [0, 0.05) is 35.0 Å². The number of hydrogen-bond acceptors (Lipinski definition) is 8. The first-order valence-electron chi connectivity index (χ1n) is 12.5. The van der Waals surface area contributed by atoms with Crippen LogP contribution in [-0.2, 0) is 14.3 Å². The zero-order valence-corrected chi connectivity index (χ0v) is 22.2. The lowest BCUT2D eigenvalue weighted by Gasteiger charge is -2.10. The second kappa shape index (κ2) is 12.0. The third kappa shape index (κ3) is 6.17. The summed E-state index contributed by atoms with van der Waals surface area (Å²) in [4.78, 5) is 37.7. The van der Waals surface area contributed by atoms with Crippen molar-refractivity contribution in [1.29, 1.82) is 0 Å². The maximum Gasteiger partial charge on any atom is 0.345 e. The summed E-state index contributed by atoms with van der Waals surface area (Å²) >= 11 is 0. The van der Waals surface area contributed by atoms with Gasteiger partial charge in [-0.2, -0.15) is 5.10 Å². The van der Waals surface area contributed by atoms with Crippen molar-refractivity contribution >= 4 is 34.6 Å². The van der Waals surface area contributed by atoms with Gasteiger partial charge in [0.1, 0.15) is 11.3 Å². The fourth-order valence-electron chi connectivity index (χ4n) is 4.11. The molecule has 2 heterocycles. The summed E-state index contributed by atoms with van der Waals surface area (Å²) in [6, 6.07) is 23.1. The largest absolute Gasteiger partial charge is 0.493 e. The van der Waals surface area contributed by atoms with E-state index in [0.29, 0.717) is 34.0 Å². The van der Waals surface area contributed by atoms with Crippen molar-refractivity contribution in [2.75, 3.05) is 26.1 Å². The van der Waals surface area contributed by atoms with Crippen LogP contribution >= 0.6 is 0 Å². The Balaban J connectivity index is 1.35. The number of para-hydroxylation sites is 2. The number of nitrogens with one attached hydrogen (secondary N) is 1. The number of ether oxygens (including phenoxy) is 3. The molecule has 10 heteroatoms. The van der Waals surface area contributed by atoms with Crippen LogP contribution < -0.4 is 20.4 Å². The van der Waals surface area contributed by atoms with Gasteiger partial charge in [-0.05, 0) is 42.5 Å². The SMILES string of the molecule is COc1ccc(NC(=O)COC(=O)/C=C/c2cn(-c3ccccc3)nc2-c2cc3ccccc3oc2=O)cc1OC. The topological polar surface area (TPSA) is 122 Å². The molecular formula is C31H25N3O7. The van der Waals surface area contributed by atoms with Crippen LogP contribution in [0.15, 0.2) is 100 Å². The average Bonchev–Trinajstić information content (AvgIpc) is 3.43. The molecule has 10 nitrogen and oxygen atoms in total. The van der Waals surface area contributed by atoms with Gasteiger partial charge in [0.25, 0.3) is 5.91 Å². The zero-order valence-electron chi connectivity index (χ0n) is 22.2. The van der Waals surface area contributed by atoms with Gasteiger partial charge in [0.05, 0.1) is 25.5 Å². The molecule has 0 radical (unpaired) electrons. The molecule has 1 N–H and O–H groups in total. The molecule has 1 amide bonds. The molecule has 0 bridgehead atoms. The van der Waals surface area contributed by atoms with Crippen molar-refractivity contribution < 1.29 is 28.2 Å². The Morgan fingerprint density at radius 1 is 0.951 bits per heavy atom. The summed E-state index contributed by atoms with van der Waals surface area (Å²) in [7, 11) is 2.99. The number of nitrogens with zero attached hydrogens (tertiary/aromatic N) is 2. The zero-order chi connectivity index (χ0) is 28.8. The normalized spacial score (nSPS) is 11.0. The smallest absolute Gasteiger partial charge is 0.345 e. The van der Waals surface area contributed by atoms with Gasteiger partial charge in [0.15, 0.2) is 18.1 Å². The van der Waals surface area contributed by atoms with Crippen molar-refractivity contribution in [3.05, 3.63) is 107 Å². The monoisotopic (exact) mass is 551 g/mol. The van der Waals surface area contributed by atoms with E-state index in [2.05, 4.69) is 10.4 Å². The van der Waals surface area contributed by atoms with Crippen LogP contribution in [0, 0.1) is 0 Å². The molecule has 41 heavy (non-hydrogen) atoms. The molecule has 5 rings (SSSR count). The first-order valence-corrected chi connectivity index (χ1v) is 12.5. The summed E-state index contributed by atoms with van der Waals surface area (Å²) in [5.74, 6) is -0.335. The van der Waals surface area contributed by atoms with Crippen molar-refractivity contribution in [2.45, 2.75) is 0 Å². The molecule has 0 saturated carbocycles. The van der Waals surface area contributed by atoms with Crippen LogP contribution in [0.25, 0.3) is 34.0 Å². The maximum atomic E-state index is 12.9. The number of rotatable bonds is 9. The first-order chi connectivity index (χ1) is 19.9. The predicted molar refractivity (Wildman–Crippen MR) is 153 cm³/mol. The first kappa shape index (κ1) is 26.9. The molecule has 0 spiro atoms. The van der Waals surface area contributed by atoms with Crippen LogP contribution in [-0.4, -0.2) is 42.5 Å². The van der Waals surface area contributed by atoms with Gasteiger partial charge in [-0.3, -0.25) is 4.79 Å². The number of anilines is 1. The fourth-order valence-corrected chi connectivity index (χ4v) is 4.11. The highest BCUT2D eigenvalue weighted by atomic mass is 16.5. The van der Waals surface area contributed by atoms with E-state index in [1.54, 1.807) is 47.3 Å². The Morgan fingerprint density at radius 3 is 2.49 bits per heavy atom. The summed E-state index contributed by atoms with van der Waals surface area (Å²) in [6.07, 6.45) is 4.33. The van der Waals surface area contributed by atoms with Crippen molar-refractivity contribution in [3.8, 4) is 28.4 Å². The van der Waals surface area contributed by atoms with Crippen molar-refractivity contribution in [1.82, 2.24) is 9.78 Å². The van der Waals surface area contributed by atoms with E-state index in [4.69, 9.17) is 18.6 Å². The molecule has 0 aliphatic rings. The Hall–Kier alpha value is -5.64. The van der Waals surface area contributed by atoms with E-state index >= 15 is 0 Å². The van der Waals surface area contributed by atoms with Crippen molar-refractivity contribution in [3.63, 3.8) is 0 Å². The Morgan fingerprint density at radius 2 is 1.71 bits per heavy atom. The quantitative estimate of drug-likeness (QED) is 0.157. The molecule has 0 aliphatic carbocycles. The number of hydrogen-bond donors (Lipinski definition) is 1. The van der Waals surface area contributed by atoms with Gasteiger partial charge in [0.2, 0.25) is 0 Å². The third-order valence-electron chi connectivity index (χ3n) is 6.07. The van der Waals surface area contributed by atoms with Crippen molar-refractivity contribution in [2.24, 2.45) is 0 Å². The van der Waals surface area contributed by atoms with Crippen LogP contribution in [0.1, 0.15) is 5.56 Å². The minimum atomic E-state index is -0.753. The van der Waals surface area contributed by atoms with E-state index < -0.39 is 24.1 Å². The third-order valence-corrected chi connectivity index (χ3v) is 6.07. The van der Waals surface area contributed by atoms with E-state index in [9.17, 15) is 14.4 Å². The predicted octanol–water partition coefficient (Wildman–Crippen LogP) is 4.86. The van der Waals surface area contributed by atoms with E-state index in [0.717, 1.165) is 11.1 Å². The summed E-state index contributed by atoms with van der Waals surface area (Å²) < 4.78 is 22.6. The van der Waals surface area contributed by atoms with Gasteiger partial charge >= 0.3 is 11.6 Å². The highest BCUT2D eigenvalue weighted by Gasteiger charge is 2.17. The molecule has 0 saturated heterocycles. The number of benzene rings is 3. The van der Waals surface area contributed by atoms with Gasteiger partial charge in [-0.25, -0.2) is 14.3 Å². The number of methoxy groups -OCH3 is 2. The lowest BCUT2D eigenvalue weighted by atomic mass is 10.1. The lowest BCUT2D eigenvalue weighted by Crippen LogP contribution is -2.20. The second-order valence-corrected chi connectivity index (χ2v) is 8.76. The van der Waals surface area contributed by atoms with Crippen LogP contribution in [0.3, 0.4) is 0 Å². The molecule has 0 atom stereocenters. The lowest BCUT2D eigenvalue weighted by molar-refractivity contribution is -0.142. The second-order valence-electron chi connectivity index (χ2n) is 8.76. The Labute approximate surface area is 234 Å². The minimum Gasteiger partial charge on any atom is -0.493 e. The highest BCUT2D eigenvalue weighted by molar-refractivity contribution is 5.95. The number of carbonyl (C=O) groups excluding carboxylic acids is 2. The van der Waals surface area contributed by atoms with Gasteiger partial charge < -0.3 is 23.9 Å². The molecule has 5 aromatic rings. The number of fused-ring (bicyclic) bond motifs is 1. The average molecular weight is 552 g/mol. The Bertz CT molecular complexity index is 1810. The maximum absolute atomic E-state index is 12.9. The van der Waals surface area contributed by atoms with Crippen LogP contribution in [0.4, 0.5) is 5.69 Å². The van der Waals surface area contributed by atoms with Crippen LogP contribution in [0.2, 0.25) is 0 Å². The summed E-state index contributed by atoms with van der Waals surface area (Å²) in [5, 5.41) is 7.98. The van der Waals surface area contributed by atoms with Crippen LogP contribution in [0.5, 0.6) is 11.5 Å². The number of amides is 1. The molecule has 3 aromatic carbocycles. The van der Waals surface area contributed by atoms with E-state index in [1.165, 1.54) is 26.4 Å². The molecule has 0 aliphatic heterocycles. The molecular weight excluding hydrogens is 526 g/mol. The van der Waals surface area contributed by atoms with Gasteiger partial charge in [-0.15, -0.1) is 0 Å². The summed E-state index contributed by atoms with van der Waals surface area (Å²) in [5.41, 5.74) is 2.13. The molecule has 2 aromatic heterocycles. The minimum absolute atomic E-state index is 0.237. The fraction of sp³-hybridized carbons (Fsp3) is 0.0968. The van der Waals surface area contributed by atoms with E-state index in [-0.39, 0.29) is 5.56 Å². The standard InChI is InChI=1S/C31H25N3O7/c1-38-26-14-13-22(17-27(26)39-2)32-28(35)19-40-29(36)15-12-21-18-34(23-9-4-3-5-10-23)33-30(21)24-16-20-8-6-7-11-25(20)41-31(24)37/h3-18H,19H2,1-2H3,(H,32,35)/b15-12+. The van der Waals surface area contributed by atoms with E-state index in [1.807, 2.05) is 42.5 Å². The molecule has 0 fully saturated rings. The highest BCUT2D eigenvalue weighted by Crippen LogP contribution is 2.30. The molecule has 206 valence electrons. The number of esters is 1. The Kier molecular flexibility index (Phi) is 7.91. The number of aromatic nitrogens is 2. The molecule has 0 unspecified atom stereocenters. The van der Waals surface area contributed by atoms with Gasteiger partial charge in [-0.1, -0.05) is 36.4 Å². The summed E-state index contributed by atoms with van der Waals surface area (Å²) in [6.45, 7) is -0.512. The number of carbonyl (C=O) groups is 2.